The van der Waals surface area contributed by atoms with Gasteiger partial charge >= 0.3 is 0 Å². The van der Waals surface area contributed by atoms with E-state index in [0.717, 1.165) is 5.56 Å². The standard InChI is InChI=1S/C25H20Cl2N2O4/c1-2-31-22-5-3-4-6-23(22)33-24-13-28-15-29-25(24)18-9-8-17(12-21(18)30)32-14-16-7-10-19(26)20(27)11-16/h3-13,15,30H,2,14H2,1H3. The molecule has 1 heterocycles. The van der Waals surface area contributed by atoms with Crippen molar-refractivity contribution < 1.29 is 19.3 Å². The molecule has 0 saturated heterocycles. The number of ether oxygens (including phenoxy) is 3. The number of aromatic hydroxyl groups is 1. The van der Waals surface area contributed by atoms with Crippen LogP contribution < -0.4 is 14.2 Å². The molecule has 4 aromatic rings. The highest BCUT2D eigenvalue weighted by atomic mass is 35.5. The maximum atomic E-state index is 10.7. The Morgan fingerprint density at radius 1 is 0.879 bits per heavy atom. The Labute approximate surface area is 201 Å². The summed E-state index contributed by atoms with van der Waals surface area (Å²) in [5.41, 5.74) is 1.76. The van der Waals surface area contributed by atoms with Crippen LogP contribution in [0.2, 0.25) is 10.0 Å². The highest BCUT2D eigenvalue weighted by Crippen LogP contribution is 2.39. The van der Waals surface area contributed by atoms with E-state index in [0.29, 0.717) is 50.9 Å². The predicted molar refractivity (Wildman–Crippen MR) is 128 cm³/mol. The third-order valence-corrected chi connectivity index (χ3v) is 5.40. The molecule has 6 nitrogen and oxygen atoms in total. The van der Waals surface area contributed by atoms with E-state index >= 15 is 0 Å². The first-order chi connectivity index (χ1) is 16.0. The molecule has 33 heavy (non-hydrogen) atoms. The fourth-order valence-corrected chi connectivity index (χ4v) is 3.44. The van der Waals surface area contributed by atoms with Crippen LogP contribution in [-0.2, 0) is 6.61 Å². The molecule has 4 rings (SSSR count). The number of para-hydroxylation sites is 2. The average Bonchev–Trinajstić information content (AvgIpc) is 2.82. The second-order valence-corrected chi connectivity index (χ2v) is 7.75. The lowest BCUT2D eigenvalue weighted by Crippen LogP contribution is -1.98. The number of phenols is 1. The van der Waals surface area contributed by atoms with Crippen LogP contribution in [0, 0.1) is 0 Å². The molecule has 0 aliphatic rings. The normalized spacial score (nSPS) is 10.6. The van der Waals surface area contributed by atoms with Crippen LogP contribution in [0.4, 0.5) is 0 Å². The summed E-state index contributed by atoms with van der Waals surface area (Å²) in [6.07, 6.45) is 2.93. The number of benzene rings is 3. The van der Waals surface area contributed by atoms with Gasteiger partial charge in [0, 0.05) is 11.6 Å². The Bertz CT molecular complexity index is 1270. The fraction of sp³-hybridized carbons (Fsp3) is 0.120. The van der Waals surface area contributed by atoms with Crippen LogP contribution in [0.5, 0.6) is 28.7 Å². The largest absolute Gasteiger partial charge is 0.507 e. The second-order valence-electron chi connectivity index (χ2n) is 6.93. The molecule has 0 radical (unpaired) electrons. The molecule has 0 spiro atoms. The summed E-state index contributed by atoms with van der Waals surface area (Å²) in [6.45, 7) is 2.67. The first-order valence-electron chi connectivity index (χ1n) is 10.1. The number of halogens is 2. The van der Waals surface area contributed by atoms with Crippen LogP contribution >= 0.6 is 23.2 Å². The van der Waals surface area contributed by atoms with Crippen molar-refractivity contribution in [2.24, 2.45) is 0 Å². The van der Waals surface area contributed by atoms with Crippen molar-refractivity contribution in [2.75, 3.05) is 6.61 Å². The molecule has 8 heteroatoms. The molecule has 168 valence electrons. The molecule has 0 fully saturated rings. The van der Waals surface area contributed by atoms with Gasteiger partial charge in [-0.25, -0.2) is 9.97 Å². The molecule has 0 unspecified atom stereocenters. The summed E-state index contributed by atoms with van der Waals surface area (Å²) in [4.78, 5) is 8.38. The van der Waals surface area contributed by atoms with Crippen molar-refractivity contribution in [3.8, 4) is 40.0 Å². The molecule has 0 aliphatic heterocycles. The molecular weight excluding hydrogens is 463 g/mol. The molecule has 0 saturated carbocycles. The molecule has 0 amide bonds. The van der Waals surface area contributed by atoms with Gasteiger partial charge in [-0.3, -0.25) is 0 Å². The van der Waals surface area contributed by atoms with Gasteiger partial charge in [0.15, 0.2) is 17.2 Å². The lowest BCUT2D eigenvalue weighted by molar-refractivity contribution is 0.304. The third-order valence-electron chi connectivity index (χ3n) is 4.66. The zero-order valence-corrected chi connectivity index (χ0v) is 19.2. The first-order valence-corrected chi connectivity index (χ1v) is 10.9. The van der Waals surface area contributed by atoms with Crippen molar-refractivity contribution in [2.45, 2.75) is 13.5 Å². The zero-order chi connectivity index (χ0) is 23.2. The number of hydrogen-bond acceptors (Lipinski definition) is 6. The van der Waals surface area contributed by atoms with Crippen LogP contribution in [-0.4, -0.2) is 21.7 Å². The van der Waals surface area contributed by atoms with Crippen molar-refractivity contribution in [1.29, 1.82) is 0 Å². The Hall–Kier alpha value is -3.48. The maximum Gasteiger partial charge on any atom is 0.172 e. The minimum atomic E-state index is -0.0109. The van der Waals surface area contributed by atoms with Gasteiger partial charge in [0.05, 0.1) is 22.8 Å². The van der Waals surface area contributed by atoms with Crippen molar-refractivity contribution in [1.82, 2.24) is 9.97 Å². The van der Waals surface area contributed by atoms with Gasteiger partial charge in [-0.2, -0.15) is 0 Å². The van der Waals surface area contributed by atoms with E-state index in [1.54, 1.807) is 36.5 Å². The summed E-state index contributed by atoms with van der Waals surface area (Å²) in [6, 6.07) is 17.6. The summed E-state index contributed by atoms with van der Waals surface area (Å²) in [5, 5.41) is 11.6. The fourth-order valence-electron chi connectivity index (χ4n) is 3.12. The van der Waals surface area contributed by atoms with E-state index in [1.165, 1.54) is 12.4 Å². The lowest BCUT2D eigenvalue weighted by atomic mass is 10.1. The predicted octanol–water partition coefficient (Wildman–Crippen LogP) is 6.93. The van der Waals surface area contributed by atoms with E-state index < -0.39 is 0 Å². The van der Waals surface area contributed by atoms with Gasteiger partial charge in [-0.05, 0) is 48.9 Å². The Morgan fingerprint density at radius 2 is 1.70 bits per heavy atom. The first kappa shape index (κ1) is 22.7. The van der Waals surface area contributed by atoms with Crippen molar-refractivity contribution in [3.05, 3.63) is 88.8 Å². The molecule has 0 atom stereocenters. The van der Waals surface area contributed by atoms with Crippen molar-refractivity contribution in [3.63, 3.8) is 0 Å². The Morgan fingerprint density at radius 3 is 2.45 bits per heavy atom. The maximum absolute atomic E-state index is 10.7. The van der Waals surface area contributed by atoms with Gasteiger partial charge in [-0.1, -0.05) is 41.4 Å². The summed E-state index contributed by atoms with van der Waals surface area (Å²) in [7, 11) is 0. The number of phenolic OH excluding ortho intramolecular Hbond substituents is 1. The second kappa shape index (κ2) is 10.4. The highest BCUT2D eigenvalue weighted by molar-refractivity contribution is 6.42. The molecule has 3 aromatic carbocycles. The number of rotatable bonds is 8. The highest BCUT2D eigenvalue weighted by Gasteiger charge is 2.16. The topological polar surface area (TPSA) is 73.7 Å². The Kier molecular flexibility index (Phi) is 7.17. The molecular formula is C25H20Cl2N2O4. The van der Waals surface area contributed by atoms with E-state index in [1.807, 2.05) is 31.2 Å². The summed E-state index contributed by atoms with van der Waals surface area (Å²) < 4.78 is 17.5. The van der Waals surface area contributed by atoms with Gasteiger partial charge in [0.1, 0.15) is 30.1 Å². The molecule has 1 N–H and O–H groups in total. The minimum absolute atomic E-state index is 0.0109. The van der Waals surface area contributed by atoms with Crippen LogP contribution in [0.15, 0.2) is 73.2 Å². The van der Waals surface area contributed by atoms with E-state index in [9.17, 15) is 5.11 Å². The van der Waals surface area contributed by atoms with E-state index in [2.05, 4.69) is 9.97 Å². The molecule has 0 aliphatic carbocycles. The third kappa shape index (κ3) is 5.48. The van der Waals surface area contributed by atoms with E-state index in [-0.39, 0.29) is 12.4 Å². The monoisotopic (exact) mass is 482 g/mol. The lowest BCUT2D eigenvalue weighted by Gasteiger charge is -2.14. The average molecular weight is 483 g/mol. The van der Waals surface area contributed by atoms with Gasteiger partial charge in [0.2, 0.25) is 0 Å². The van der Waals surface area contributed by atoms with Crippen LogP contribution in [0.1, 0.15) is 12.5 Å². The molecule has 1 aromatic heterocycles. The van der Waals surface area contributed by atoms with Crippen LogP contribution in [0.25, 0.3) is 11.3 Å². The number of aromatic nitrogens is 2. The summed E-state index contributed by atoms with van der Waals surface area (Å²) in [5.74, 6) is 1.98. The molecule has 0 bridgehead atoms. The van der Waals surface area contributed by atoms with Crippen LogP contribution in [0.3, 0.4) is 0 Å². The van der Waals surface area contributed by atoms with Gasteiger partial charge in [0.25, 0.3) is 0 Å². The minimum Gasteiger partial charge on any atom is -0.507 e. The van der Waals surface area contributed by atoms with Crippen molar-refractivity contribution >= 4 is 23.2 Å². The Balaban J connectivity index is 1.56. The van der Waals surface area contributed by atoms with E-state index in [4.69, 9.17) is 37.4 Å². The quantitative estimate of drug-likeness (QED) is 0.293. The van der Waals surface area contributed by atoms with Gasteiger partial charge < -0.3 is 19.3 Å². The SMILES string of the molecule is CCOc1ccccc1Oc1cncnc1-c1ccc(OCc2ccc(Cl)c(Cl)c2)cc1O. The number of nitrogens with zero attached hydrogens (tertiary/aromatic N) is 2. The number of hydrogen-bond donors (Lipinski definition) is 1. The zero-order valence-electron chi connectivity index (χ0n) is 17.7. The van der Waals surface area contributed by atoms with Gasteiger partial charge in [-0.15, -0.1) is 0 Å². The smallest absolute Gasteiger partial charge is 0.172 e. The summed E-state index contributed by atoms with van der Waals surface area (Å²) >= 11 is 12.0.